The molecule has 4 unspecified atom stereocenters. The highest BCUT2D eigenvalue weighted by Crippen LogP contribution is 2.15. The second-order valence-corrected chi connectivity index (χ2v) is 4.21. The highest BCUT2D eigenvalue weighted by atomic mass is 16.9. The number of rotatable bonds is 8. The standard InChI is InChI=1S/C12H22O7/c1-3-14-11-16-7-9(18-11)5-13-6-10-8-17-12(19-10)15-4-2/h9-12H,3-8H2,1-2H3. The Labute approximate surface area is 113 Å². The van der Waals surface area contributed by atoms with Gasteiger partial charge in [0.1, 0.15) is 12.2 Å². The molecule has 0 spiro atoms. The summed E-state index contributed by atoms with van der Waals surface area (Å²) in [5, 5.41) is 0. The van der Waals surface area contributed by atoms with E-state index in [0.29, 0.717) is 39.6 Å². The van der Waals surface area contributed by atoms with Crippen LogP contribution in [-0.4, -0.2) is 64.8 Å². The van der Waals surface area contributed by atoms with Crippen molar-refractivity contribution in [3.63, 3.8) is 0 Å². The van der Waals surface area contributed by atoms with Crippen molar-refractivity contribution in [2.75, 3.05) is 39.6 Å². The lowest BCUT2D eigenvalue weighted by Crippen LogP contribution is -2.25. The van der Waals surface area contributed by atoms with Crippen LogP contribution in [0.1, 0.15) is 13.8 Å². The summed E-state index contributed by atoms with van der Waals surface area (Å²) in [4.78, 5) is 0. The van der Waals surface area contributed by atoms with Crippen molar-refractivity contribution in [1.82, 2.24) is 0 Å². The van der Waals surface area contributed by atoms with E-state index in [0.717, 1.165) is 0 Å². The number of hydrogen-bond acceptors (Lipinski definition) is 7. The Morgan fingerprint density at radius 2 is 1.32 bits per heavy atom. The van der Waals surface area contributed by atoms with Crippen LogP contribution in [0.25, 0.3) is 0 Å². The van der Waals surface area contributed by atoms with E-state index >= 15 is 0 Å². The van der Waals surface area contributed by atoms with Crippen molar-refractivity contribution in [3.8, 4) is 0 Å². The molecule has 0 N–H and O–H groups in total. The monoisotopic (exact) mass is 278 g/mol. The fourth-order valence-electron chi connectivity index (χ4n) is 1.80. The second-order valence-electron chi connectivity index (χ2n) is 4.21. The SMILES string of the molecule is CCOC1OCC(COCC2COC(OCC)O2)O1. The maximum Gasteiger partial charge on any atom is 0.272 e. The van der Waals surface area contributed by atoms with Crippen LogP contribution in [0.4, 0.5) is 0 Å². The van der Waals surface area contributed by atoms with E-state index in [-0.39, 0.29) is 12.2 Å². The Hall–Kier alpha value is -0.280. The van der Waals surface area contributed by atoms with Crippen LogP contribution in [-0.2, 0) is 33.2 Å². The molecule has 0 aromatic rings. The van der Waals surface area contributed by atoms with Gasteiger partial charge in [0.15, 0.2) is 0 Å². The summed E-state index contributed by atoms with van der Waals surface area (Å²) in [6.45, 7) is 5.63. The van der Waals surface area contributed by atoms with Crippen molar-refractivity contribution >= 4 is 0 Å². The van der Waals surface area contributed by atoms with E-state index in [2.05, 4.69) is 0 Å². The second kappa shape index (κ2) is 8.11. The van der Waals surface area contributed by atoms with E-state index in [1.54, 1.807) is 0 Å². The van der Waals surface area contributed by atoms with Gasteiger partial charge >= 0.3 is 0 Å². The first kappa shape index (κ1) is 15.1. The molecule has 19 heavy (non-hydrogen) atoms. The summed E-state index contributed by atoms with van der Waals surface area (Å²) in [7, 11) is 0. The smallest absolute Gasteiger partial charge is 0.272 e. The first-order valence-electron chi connectivity index (χ1n) is 6.66. The topological polar surface area (TPSA) is 64.6 Å². The van der Waals surface area contributed by atoms with Crippen molar-refractivity contribution in [3.05, 3.63) is 0 Å². The van der Waals surface area contributed by atoms with Gasteiger partial charge in [-0.25, -0.2) is 0 Å². The van der Waals surface area contributed by atoms with Gasteiger partial charge in [0, 0.05) is 13.2 Å². The molecule has 7 nitrogen and oxygen atoms in total. The van der Waals surface area contributed by atoms with Crippen LogP contribution in [0, 0.1) is 0 Å². The minimum absolute atomic E-state index is 0.0958. The maximum atomic E-state index is 5.53. The number of ether oxygens (including phenoxy) is 7. The molecule has 0 radical (unpaired) electrons. The Morgan fingerprint density at radius 3 is 1.74 bits per heavy atom. The zero-order valence-electron chi connectivity index (χ0n) is 11.4. The van der Waals surface area contributed by atoms with E-state index in [4.69, 9.17) is 33.2 Å². The van der Waals surface area contributed by atoms with Gasteiger partial charge in [0.2, 0.25) is 0 Å². The molecule has 2 saturated heterocycles. The molecule has 2 fully saturated rings. The minimum atomic E-state index is -0.563. The van der Waals surface area contributed by atoms with Crippen LogP contribution in [0.5, 0.6) is 0 Å². The molecule has 2 heterocycles. The van der Waals surface area contributed by atoms with Crippen molar-refractivity contribution in [1.29, 1.82) is 0 Å². The van der Waals surface area contributed by atoms with E-state index in [1.807, 2.05) is 13.8 Å². The minimum Gasteiger partial charge on any atom is -0.376 e. The average Bonchev–Trinajstić information content (AvgIpc) is 3.01. The van der Waals surface area contributed by atoms with E-state index in [1.165, 1.54) is 0 Å². The summed E-state index contributed by atoms with van der Waals surface area (Å²) >= 11 is 0. The quantitative estimate of drug-likeness (QED) is 0.639. The van der Waals surface area contributed by atoms with Gasteiger partial charge in [-0.15, -0.1) is 0 Å². The molecule has 112 valence electrons. The van der Waals surface area contributed by atoms with Gasteiger partial charge in [-0.1, -0.05) is 0 Å². The summed E-state index contributed by atoms with van der Waals surface area (Å²) in [6, 6.07) is 0. The van der Waals surface area contributed by atoms with E-state index in [9.17, 15) is 0 Å². The molecular weight excluding hydrogens is 256 g/mol. The van der Waals surface area contributed by atoms with Crippen LogP contribution in [0.15, 0.2) is 0 Å². The highest BCUT2D eigenvalue weighted by Gasteiger charge is 2.29. The zero-order valence-corrected chi connectivity index (χ0v) is 11.4. The van der Waals surface area contributed by atoms with Crippen LogP contribution >= 0.6 is 0 Å². The Bertz CT molecular complexity index is 226. The lowest BCUT2D eigenvalue weighted by Gasteiger charge is -2.13. The molecule has 0 aliphatic carbocycles. The number of hydrogen-bond donors (Lipinski definition) is 0. The third-order valence-corrected chi connectivity index (χ3v) is 2.66. The van der Waals surface area contributed by atoms with Crippen LogP contribution in [0.2, 0.25) is 0 Å². The van der Waals surface area contributed by atoms with Crippen LogP contribution in [0.3, 0.4) is 0 Å². The lowest BCUT2D eigenvalue weighted by molar-refractivity contribution is -0.241. The predicted molar refractivity (Wildman–Crippen MR) is 63.3 cm³/mol. The molecule has 0 aromatic carbocycles. The zero-order chi connectivity index (χ0) is 13.5. The third-order valence-electron chi connectivity index (χ3n) is 2.66. The maximum absolute atomic E-state index is 5.53. The molecule has 2 rings (SSSR count). The van der Waals surface area contributed by atoms with Gasteiger partial charge in [-0.05, 0) is 13.8 Å². The molecule has 7 heteroatoms. The Kier molecular flexibility index (Phi) is 6.45. The Morgan fingerprint density at radius 1 is 0.842 bits per heavy atom. The Balaban J connectivity index is 1.53. The third kappa shape index (κ3) is 4.96. The summed E-state index contributed by atoms with van der Waals surface area (Å²) in [5.41, 5.74) is 0. The van der Waals surface area contributed by atoms with Gasteiger partial charge in [0.05, 0.1) is 26.4 Å². The molecule has 0 bridgehead atoms. The molecule has 0 saturated carbocycles. The molecule has 0 aromatic heterocycles. The first-order valence-corrected chi connectivity index (χ1v) is 6.66. The van der Waals surface area contributed by atoms with Gasteiger partial charge < -0.3 is 33.2 Å². The molecule has 2 aliphatic rings. The summed E-state index contributed by atoms with van der Waals surface area (Å²) in [6.07, 6.45) is -0.192. The molecular formula is C12H22O7. The summed E-state index contributed by atoms with van der Waals surface area (Å²) in [5.74, 6) is 0. The molecule has 4 atom stereocenters. The van der Waals surface area contributed by atoms with Gasteiger partial charge in [0.25, 0.3) is 13.0 Å². The van der Waals surface area contributed by atoms with Crippen LogP contribution < -0.4 is 0 Å². The predicted octanol–water partition coefficient (Wildman–Crippen LogP) is 0.474. The van der Waals surface area contributed by atoms with E-state index < -0.39 is 13.0 Å². The lowest BCUT2D eigenvalue weighted by atomic mass is 10.4. The summed E-state index contributed by atoms with van der Waals surface area (Å²) < 4.78 is 37.4. The highest BCUT2D eigenvalue weighted by molar-refractivity contribution is 4.64. The van der Waals surface area contributed by atoms with Gasteiger partial charge in [-0.3, -0.25) is 0 Å². The fourth-order valence-corrected chi connectivity index (χ4v) is 1.80. The molecule has 2 aliphatic heterocycles. The van der Waals surface area contributed by atoms with Crippen molar-refractivity contribution in [2.24, 2.45) is 0 Å². The van der Waals surface area contributed by atoms with Crippen molar-refractivity contribution in [2.45, 2.75) is 39.0 Å². The van der Waals surface area contributed by atoms with Gasteiger partial charge in [-0.2, -0.15) is 0 Å². The largest absolute Gasteiger partial charge is 0.376 e. The first-order chi connectivity index (χ1) is 9.31. The molecule has 0 amide bonds. The van der Waals surface area contributed by atoms with Crippen molar-refractivity contribution < 1.29 is 33.2 Å². The fraction of sp³-hybridized carbons (Fsp3) is 1.00. The average molecular weight is 278 g/mol. The normalized spacial score (nSPS) is 35.1.